The minimum Gasteiger partial charge on any atom is -0.330 e. The van der Waals surface area contributed by atoms with E-state index in [1.165, 1.54) is 5.56 Å². The fourth-order valence-electron chi connectivity index (χ4n) is 3.63. The van der Waals surface area contributed by atoms with Crippen LogP contribution in [0.1, 0.15) is 53.9 Å². The number of benzene rings is 1. The van der Waals surface area contributed by atoms with E-state index in [1.807, 2.05) is 11.6 Å². The Morgan fingerprint density at radius 2 is 1.76 bits per heavy atom. The van der Waals surface area contributed by atoms with Gasteiger partial charge in [0.2, 0.25) is 0 Å². The number of aromatic nitrogens is 5. The third-order valence-electron chi connectivity index (χ3n) is 4.68. The Hall–Kier alpha value is -2.34. The lowest BCUT2D eigenvalue weighted by Gasteiger charge is -2.14. The van der Waals surface area contributed by atoms with Crippen LogP contribution < -0.4 is 5.73 Å². The Balaban J connectivity index is 2.25. The third kappa shape index (κ3) is 3.14. The van der Waals surface area contributed by atoms with Gasteiger partial charge < -0.3 is 5.73 Å². The summed E-state index contributed by atoms with van der Waals surface area (Å²) >= 11 is 0. The van der Waals surface area contributed by atoms with Gasteiger partial charge in [-0.3, -0.25) is 0 Å². The molecule has 2 N–H and O–H groups in total. The fourth-order valence-corrected chi connectivity index (χ4v) is 3.63. The number of aryl methyl sites for hydroxylation is 4. The van der Waals surface area contributed by atoms with Gasteiger partial charge in [0.05, 0.1) is 11.4 Å². The van der Waals surface area contributed by atoms with Crippen molar-refractivity contribution in [2.75, 3.05) is 6.54 Å². The first kappa shape index (κ1) is 17.5. The van der Waals surface area contributed by atoms with Crippen LogP contribution in [0.25, 0.3) is 16.9 Å². The highest BCUT2D eigenvalue weighted by Gasteiger charge is 2.21. The summed E-state index contributed by atoms with van der Waals surface area (Å²) in [5.74, 6) is 1.02. The molecular formula is C19H26N6. The van der Waals surface area contributed by atoms with Crippen LogP contribution in [0, 0.1) is 27.7 Å². The first-order valence-corrected chi connectivity index (χ1v) is 8.84. The minimum absolute atomic E-state index is 0.277. The molecule has 0 aliphatic heterocycles. The molecule has 0 aliphatic rings. The highest BCUT2D eigenvalue weighted by molar-refractivity contribution is 5.75. The molecule has 0 amide bonds. The zero-order chi connectivity index (χ0) is 18.1. The number of rotatable bonds is 5. The molecule has 0 saturated carbocycles. The molecule has 2 aromatic heterocycles. The van der Waals surface area contributed by atoms with Crippen LogP contribution in [0.2, 0.25) is 0 Å². The second kappa shape index (κ2) is 6.88. The van der Waals surface area contributed by atoms with E-state index in [9.17, 15) is 0 Å². The van der Waals surface area contributed by atoms with E-state index in [-0.39, 0.29) is 5.92 Å². The number of hydrogen-bond acceptors (Lipinski definition) is 5. The van der Waals surface area contributed by atoms with Crippen LogP contribution in [0.5, 0.6) is 0 Å². The Morgan fingerprint density at radius 3 is 2.36 bits per heavy atom. The standard InChI is InChI=1S/C19H26N6/c1-6-15(7-8-20)16-17-19(22-14(5)21-16)25(24-23-17)18-12(3)9-11(2)10-13(18)4/h9-10,15H,6-8,20H2,1-5H3. The molecule has 2 heterocycles. The van der Waals surface area contributed by atoms with Crippen LogP contribution in [0.3, 0.4) is 0 Å². The van der Waals surface area contributed by atoms with Crippen molar-refractivity contribution in [3.63, 3.8) is 0 Å². The molecule has 1 atom stereocenters. The maximum absolute atomic E-state index is 5.79. The van der Waals surface area contributed by atoms with Crippen molar-refractivity contribution in [2.45, 2.75) is 53.4 Å². The van der Waals surface area contributed by atoms with E-state index in [0.29, 0.717) is 6.54 Å². The van der Waals surface area contributed by atoms with E-state index < -0.39 is 0 Å². The molecule has 3 rings (SSSR count). The summed E-state index contributed by atoms with van der Waals surface area (Å²) < 4.78 is 1.85. The second-order valence-electron chi connectivity index (χ2n) is 6.76. The lowest BCUT2D eigenvalue weighted by Crippen LogP contribution is -2.11. The summed E-state index contributed by atoms with van der Waals surface area (Å²) in [5.41, 5.74) is 12.9. The zero-order valence-electron chi connectivity index (χ0n) is 15.7. The van der Waals surface area contributed by atoms with E-state index in [4.69, 9.17) is 5.73 Å². The molecule has 132 valence electrons. The highest BCUT2D eigenvalue weighted by atomic mass is 15.4. The molecule has 3 aromatic rings. The van der Waals surface area contributed by atoms with Gasteiger partial charge in [-0.15, -0.1) is 5.10 Å². The quantitative estimate of drug-likeness (QED) is 0.772. The average Bonchev–Trinajstić information content (AvgIpc) is 2.94. The predicted molar refractivity (Wildman–Crippen MR) is 100 cm³/mol. The molecule has 0 radical (unpaired) electrons. The minimum atomic E-state index is 0.277. The lowest BCUT2D eigenvalue weighted by molar-refractivity contribution is 0.599. The maximum Gasteiger partial charge on any atom is 0.187 e. The van der Waals surface area contributed by atoms with E-state index >= 15 is 0 Å². The number of nitrogens with zero attached hydrogens (tertiary/aromatic N) is 5. The van der Waals surface area contributed by atoms with E-state index in [2.05, 4.69) is 60.1 Å². The molecule has 1 aromatic carbocycles. The van der Waals surface area contributed by atoms with Crippen LogP contribution in [-0.2, 0) is 0 Å². The van der Waals surface area contributed by atoms with Gasteiger partial charge in [0.25, 0.3) is 0 Å². The van der Waals surface area contributed by atoms with Crippen molar-refractivity contribution < 1.29 is 0 Å². The van der Waals surface area contributed by atoms with Gasteiger partial charge in [0.1, 0.15) is 5.82 Å². The first-order chi connectivity index (χ1) is 12.0. The molecule has 0 bridgehead atoms. The van der Waals surface area contributed by atoms with Crippen LogP contribution in [-0.4, -0.2) is 31.5 Å². The monoisotopic (exact) mass is 338 g/mol. The summed E-state index contributed by atoms with van der Waals surface area (Å²) in [4.78, 5) is 9.32. The number of hydrogen-bond donors (Lipinski definition) is 1. The molecule has 0 fully saturated rings. The van der Waals surface area contributed by atoms with Crippen molar-refractivity contribution in [3.8, 4) is 5.69 Å². The summed E-state index contributed by atoms with van der Waals surface area (Å²) in [5, 5.41) is 8.87. The van der Waals surface area contributed by atoms with Crippen LogP contribution in [0.15, 0.2) is 12.1 Å². The van der Waals surface area contributed by atoms with Gasteiger partial charge in [-0.1, -0.05) is 29.8 Å². The molecule has 6 nitrogen and oxygen atoms in total. The topological polar surface area (TPSA) is 82.5 Å². The molecule has 25 heavy (non-hydrogen) atoms. The molecule has 6 heteroatoms. The van der Waals surface area contributed by atoms with Crippen molar-refractivity contribution in [1.82, 2.24) is 25.0 Å². The summed E-state index contributed by atoms with van der Waals surface area (Å²) in [6.07, 6.45) is 1.86. The molecule has 0 aliphatic carbocycles. The van der Waals surface area contributed by atoms with Crippen molar-refractivity contribution in [1.29, 1.82) is 0 Å². The summed E-state index contributed by atoms with van der Waals surface area (Å²) in [7, 11) is 0. The van der Waals surface area contributed by atoms with Gasteiger partial charge >= 0.3 is 0 Å². The Bertz CT molecular complexity index is 889. The third-order valence-corrected chi connectivity index (χ3v) is 4.68. The Labute approximate surface area is 148 Å². The predicted octanol–water partition coefficient (Wildman–Crippen LogP) is 3.29. The normalized spacial score (nSPS) is 12.7. The lowest BCUT2D eigenvalue weighted by atomic mass is 9.97. The van der Waals surface area contributed by atoms with Gasteiger partial charge in [0.15, 0.2) is 11.2 Å². The SMILES string of the molecule is CCC(CCN)c1nc(C)nc2c1nnn2-c1c(C)cc(C)cc1C. The van der Waals surface area contributed by atoms with E-state index in [0.717, 1.165) is 52.3 Å². The molecule has 0 spiro atoms. The molecular weight excluding hydrogens is 312 g/mol. The average molecular weight is 338 g/mol. The van der Waals surface area contributed by atoms with Crippen molar-refractivity contribution in [2.24, 2.45) is 5.73 Å². The largest absolute Gasteiger partial charge is 0.330 e. The van der Waals surface area contributed by atoms with Crippen LogP contribution in [0.4, 0.5) is 0 Å². The molecule has 1 unspecified atom stereocenters. The maximum atomic E-state index is 5.79. The summed E-state index contributed by atoms with van der Waals surface area (Å²) in [6.45, 7) is 11.0. The van der Waals surface area contributed by atoms with Gasteiger partial charge in [-0.25, -0.2) is 9.97 Å². The van der Waals surface area contributed by atoms with Crippen molar-refractivity contribution in [3.05, 3.63) is 40.3 Å². The Morgan fingerprint density at radius 1 is 1.08 bits per heavy atom. The number of nitrogens with two attached hydrogens (primary N) is 1. The zero-order valence-corrected chi connectivity index (χ0v) is 15.7. The van der Waals surface area contributed by atoms with Crippen LogP contribution >= 0.6 is 0 Å². The van der Waals surface area contributed by atoms with E-state index in [1.54, 1.807) is 0 Å². The summed E-state index contributed by atoms with van der Waals surface area (Å²) in [6, 6.07) is 4.32. The highest BCUT2D eigenvalue weighted by Crippen LogP contribution is 2.29. The smallest absolute Gasteiger partial charge is 0.187 e. The van der Waals surface area contributed by atoms with Crippen molar-refractivity contribution >= 4 is 11.2 Å². The van der Waals surface area contributed by atoms with Gasteiger partial charge in [-0.2, -0.15) is 4.68 Å². The Kier molecular flexibility index (Phi) is 4.81. The first-order valence-electron chi connectivity index (χ1n) is 8.84. The molecule has 0 saturated heterocycles. The van der Waals surface area contributed by atoms with Gasteiger partial charge in [0, 0.05) is 5.92 Å². The number of fused-ring (bicyclic) bond motifs is 1. The second-order valence-corrected chi connectivity index (χ2v) is 6.76. The fraction of sp³-hybridized carbons (Fsp3) is 0.474. The van der Waals surface area contributed by atoms with Gasteiger partial charge in [-0.05, 0) is 58.2 Å².